The molecule has 6 heteroatoms. The van der Waals surface area contributed by atoms with Crippen LogP contribution in [0.15, 0.2) is 24.3 Å². The third-order valence-corrected chi connectivity index (χ3v) is 6.31. The van der Waals surface area contributed by atoms with Crippen molar-refractivity contribution in [2.24, 2.45) is 5.92 Å². The van der Waals surface area contributed by atoms with Gasteiger partial charge in [0.2, 0.25) is 0 Å². The number of nitrogens with one attached hydrogen (secondary N) is 2. The van der Waals surface area contributed by atoms with E-state index in [0.717, 1.165) is 32.2 Å². The van der Waals surface area contributed by atoms with Crippen LogP contribution in [0.2, 0.25) is 0 Å². The number of nitrogens with zero attached hydrogens (tertiary/aromatic N) is 2. The molecule has 1 amide bonds. The number of anilines is 1. The van der Waals surface area contributed by atoms with Gasteiger partial charge in [0.05, 0.1) is 11.6 Å². The van der Waals surface area contributed by atoms with E-state index in [4.69, 9.17) is 10.4 Å². The topological polar surface area (TPSA) is 88.4 Å². The Hall–Kier alpha value is -2.26. The molecule has 138 valence electrons. The minimum atomic E-state index is -0.921. The summed E-state index contributed by atoms with van der Waals surface area (Å²) < 4.78 is 0. The zero-order chi connectivity index (χ0) is 18.1. The summed E-state index contributed by atoms with van der Waals surface area (Å²) in [5.74, 6) is 0.697. The van der Waals surface area contributed by atoms with Crippen molar-refractivity contribution in [3.63, 3.8) is 0 Å². The molecule has 2 bridgehead atoms. The van der Waals surface area contributed by atoms with E-state index in [0.29, 0.717) is 23.6 Å². The van der Waals surface area contributed by atoms with Crippen LogP contribution >= 0.6 is 0 Å². The van der Waals surface area contributed by atoms with Crippen LogP contribution in [-0.2, 0) is 0 Å². The molecule has 1 aromatic carbocycles. The van der Waals surface area contributed by atoms with Gasteiger partial charge in [-0.05, 0) is 55.9 Å². The molecule has 2 aliphatic carbocycles. The minimum absolute atomic E-state index is 0.0174. The summed E-state index contributed by atoms with van der Waals surface area (Å²) >= 11 is 0. The number of carboxylic acid groups (broad SMARTS) is 1. The summed E-state index contributed by atoms with van der Waals surface area (Å²) in [7, 11) is 0. The predicted octanol–water partition coefficient (Wildman–Crippen LogP) is 2.69. The number of hydrogen-bond donors (Lipinski definition) is 3. The molecule has 26 heavy (non-hydrogen) atoms. The van der Waals surface area contributed by atoms with Crippen molar-refractivity contribution in [1.29, 1.82) is 5.26 Å². The van der Waals surface area contributed by atoms with Gasteiger partial charge in [-0.2, -0.15) is 5.26 Å². The first-order valence-corrected chi connectivity index (χ1v) is 9.66. The van der Waals surface area contributed by atoms with Gasteiger partial charge >= 0.3 is 6.09 Å². The Morgan fingerprint density at radius 1 is 1.12 bits per heavy atom. The van der Waals surface area contributed by atoms with E-state index >= 15 is 0 Å². The van der Waals surface area contributed by atoms with Crippen LogP contribution in [0.4, 0.5) is 10.5 Å². The quantitative estimate of drug-likeness (QED) is 0.774. The van der Waals surface area contributed by atoms with E-state index in [-0.39, 0.29) is 12.1 Å². The Labute approximate surface area is 154 Å². The third kappa shape index (κ3) is 3.36. The Kier molecular flexibility index (Phi) is 4.73. The van der Waals surface area contributed by atoms with Gasteiger partial charge in [0.1, 0.15) is 0 Å². The van der Waals surface area contributed by atoms with E-state index in [1.54, 1.807) is 0 Å². The maximum absolute atomic E-state index is 11.1. The number of piperidine rings is 1. The third-order valence-electron chi connectivity index (χ3n) is 6.31. The van der Waals surface area contributed by atoms with Crippen molar-refractivity contribution in [2.75, 3.05) is 11.4 Å². The first-order chi connectivity index (χ1) is 12.6. The fourth-order valence-corrected chi connectivity index (χ4v) is 5.17. The van der Waals surface area contributed by atoms with Crippen molar-refractivity contribution in [3.8, 4) is 6.07 Å². The molecule has 5 atom stereocenters. The van der Waals surface area contributed by atoms with E-state index in [2.05, 4.69) is 21.6 Å². The van der Waals surface area contributed by atoms with Crippen LogP contribution in [0, 0.1) is 17.2 Å². The summed E-state index contributed by atoms with van der Waals surface area (Å²) in [6.07, 6.45) is 5.66. The highest BCUT2D eigenvalue weighted by Gasteiger charge is 2.46. The first kappa shape index (κ1) is 17.2. The molecule has 3 fully saturated rings. The molecule has 1 heterocycles. The number of rotatable bonds is 4. The molecule has 1 aromatic rings. The number of nitriles is 1. The standard InChI is InChI=1S/C20H26N4O2/c21-11-13-5-7-15(8-6-13)24-12-14-9-18(19(24)10-14)22-16-3-1-2-4-17(16)23-20(25)26/h5-8,14,16-19,22-23H,1-4,9-10,12H2,(H,25,26)/t14-,16-,17-,18+,19-/m1/s1. The maximum Gasteiger partial charge on any atom is 0.404 e. The minimum Gasteiger partial charge on any atom is -0.465 e. The van der Waals surface area contributed by atoms with E-state index in [1.165, 1.54) is 18.5 Å². The average Bonchev–Trinajstić information content (AvgIpc) is 3.23. The molecule has 4 rings (SSSR count). The molecular weight excluding hydrogens is 328 g/mol. The molecule has 0 spiro atoms. The lowest BCUT2D eigenvalue weighted by Gasteiger charge is -2.40. The van der Waals surface area contributed by atoms with Gasteiger partial charge in [0.15, 0.2) is 0 Å². The SMILES string of the molecule is N#Cc1ccc(N2C[C@@H]3C[C@H](N[C@@H]4CCCC[C@H]4NC(=O)O)[C@H]2C3)cc1. The number of carbonyl (C=O) groups is 1. The number of benzene rings is 1. The van der Waals surface area contributed by atoms with Crippen LogP contribution in [0.25, 0.3) is 0 Å². The van der Waals surface area contributed by atoms with Gasteiger partial charge in [-0.1, -0.05) is 12.8 Å². The summed E-state index contributed by atoms with van der Waals surface area (Å²) in [5, 5.41) is 24.6. The van der Waals surface area contributed by atoms with Crippen LogP contribution in [0.3, 0.4) is 0 Å². The van der Waals surface area contributed by atoms with Crippen LogP contribution < -0.4 is 15.5 Å². The molecule has 0 radical (unpaired) electrons. The Morgan fingerprint density at radius 3 is 2.50 bits per heavy atom. The van der Waals surface area contributed by atoms with E-state index in [1.807, 2.05) is 24.3 Å². The Morgan fingerprint density at radius 2 is 1.85 bits per heavy atom. The van der Waals surface area contributed by atoms with Crippen LogP contribution in [0.1, 0.15) is 44.1 Å². The second-order valence-electron chi connectivity index (χ2n) is 7.94. The number of fused-ring (bicyclic) bond motifs is 2. The Balaban J connectivity index is 1.44. The summed E-state index contributed by atoms with van der Waals surface area (Å²) in [6.45, 7) is 1.08. The van der Waals surface area contributed by atoms with Gasteiger partial charge in [0, 0.05) is 36.4 Å². The summed E-state index contributed by atoms with van der Waals surface area (Å²) in [4.78, 5) is 13.6. The molecule has 0 unspecified atom stereocenters. The van der Waals surface area contributed by atoms with E-state index in [9.17, 15) is 4.79 Å². The van der Waals surface area contributed by atoms with E-state index < -0.39 is 6.09 Å². The largest absolute Gasteiger partial charge is 0.465 e. The van der Waals surface area contributed by atoms with Gasteiger partial charge in [-0.3, -0.25) is 0 Å². The fourth-order valence-electron chi connectivity index (χ4n) is 5.17. The second kappa shape index (κ2) is 7.16. The van der Waals surface area contributed by atoms with Crippen molar-refractivity contribution >= 4 is 11.8 Å². The monoisotopic (exact) mass is 354 g/mol. The zero-order valence-electron chi connectivity index (χ0n) is 14.9. The number of hydrogen-bond acceptors (Lipinski definition) is 4. The smallest absolute Gasteiger partial charge is 0.404 e. The fraction of sp³-hybridized carbons (Fsp3) is 0.600. The molecule has 0 aromatic heterocycles. The highest BCUT2D eigenvalue weighted by molar-refractivity contribution is 5.65. The van der Waals surface area contributed by atoms with Crippen molar-refractivity contribution in [2.45, 2.75) is 62.7 Å². The average molecular weight is 354 g/mol. The Bertz CT molecular complexity index is 699. The summed E-state index contributed by atoms with van der Waals surface area (Å²) in [5.41, 5.74) is 1.88. The lowest BCUT2D eigenvalue weighted by atomic mass is 9.89. The van der Waals surface area contributed by atoms with Crippen LogP contribution in [0.5, 0.6) is 0 Å². The molecule has 6 nitrogen and oxygen atoms in total. The zero-order valence-corrected chi connectivity index (χ0v) is 14.9. The summed E-state index contributed by atoms with van der Waals surface area (Å²) in [6, 6.07) is 11.2. The molecular formula is C20H26N4O2. The highest BCUT2D eigenvalue weighted by atomic mass is 16.4. The van der Waals surface area contributed by atoms with Crippen molar-refractivity contribution in [1.82, 2.24) is 10.6 Å². The van der Waals surface area contributed by atoms with Gasteiger partial charge in [0.25, 0.3) is 0 Å². The molecule has 3 N–H and O–H groups in total. The van der Waals surface area contributed by atoms with Crippen LogP contribution in [-0.4, -0.2) is 41.9 Å². The number of amides is 1. The van der Waals surface area contributed by atoms with Gasteiger partial charge < -0.3 is 20.6 Å². The molecule has 1 saturated heterocycles. The van der Waals surface area contributed by atoms with Gasteiger partial charge in [-0.25, -0.2) is 4.79 Å². The molecule has 1 aliphatic heterocycles. The molecule has 2 saturated carbocycles. The van der Waals surface area contributed by atoms with Crippen molar-refractivity contribution in [3.05, 3.63) is 29.8 Å². The van der Waals surface area contributed by atoms with Crippen molar-refractivity contribution < 1.29 is 9.90 Å². The molecule has 3 aliphatic rings. The highest BCUT2D eigenvalue weighted by Crippen LogP contribution is 2.41. The lowest BCUT2D eigenvalue weighted by Crippen LogP contribution is -2.58. The normalized spacial score (nSPS) is 33.0. The maximum atomic E-state index is 11.1. The van der Waals surface area contributed by atoms with Gasteiger partial charge in [-0.15, -0.1) is 0 Å². The first-order valence-electron chi connectivity index (χ1n) is 9.66. The lowest BCUT2D eigenvalue weighted by molar-refractivity contribution is 0.176. The predicted molar refractivity (Wildman–Crippen MR) is 99.1 cm³/mol. The second-order valence-corrected chi connectivity index (χ2v) is 7.94.